The van der Waals surface area contributed by atoms with E-state index in [9.17, 15) is 0 Å². The third-order valence-electron chi connectivity index (χ3n) is 6.49. The smallest absolute Gasteiger partial charge is 0.0925 e. The lowest BCUT2D eigenvalue weighted by Crippen LogP contribution is -2.54. The molecule has 4 fully saturated rings. The molecule has 0 spiro atoms. The van der Waals surface area contributed by atoms with Crippen molar-refractivity contribution in [1.82, 2.24) is 10.3 Å². The summed E-state index contributed by atoms with van der Waals surface area (Å²) in [7, 11) is 0. The Morgan fingerprint density at radius 1 is 1.24 bits per heavy atom. The molecule has 1 heterocycles. The lowest BCUT2D eigenvalue weighted by molar-refractivity contribution is -0.0706. The summed E-state index contributed by atoms with van der Waals surface area (Å²) in [6, 6.07) is 0.665. The summed E-state index contributed by atoms with van der Waals surface area (Å²) in [6.07, 6.45) is 12.3. The molecule has 4 aliphatic carbocycles. The van der Waals surface area contributed by atoms with Crippen molar-refractivity contribution in [2.75, 3.05) is 0 Å². The molecule has 116 valence electrons. The minimum absolute atomic E-state index is 0.618. The second-order valence-corrected chi connectivity index (χ2v) is 9.16. The van der Waals surface area contributed by atoms with Crippen molar-refractivity contribution >= 4 is 11.3 Å². The topological polar surface area (TPSA) is 24.9 Å². The van der Waals surface area contributed by atoms with E-state index in [4.69, 9.17) is 0 Å². The summed E-state index contributed by atoms with van der Waals surface area (Å²) in [6.45, 7) is 5.66. The van der Waals surface area contributed by atoms with Crippen LogP contribution in [0.1, 0.15) is 62.3 Å². The van der Waals surface area contributed by atoms with E-state index in [0.29, 0.717) is 11.5 Å². The highest BCUT2D eigenvalue weighted by atomic mass is 32.1. The Hall–Kier alpha value is -0.410. The number of thiazole rings is 1. The quantitative estimate of drug-likeness (QED) is 0.872. The van der Waals surface area contributed by atoms with Crippen molar-refractivity contribution in [1.29, 1.82) is 0 Å². The van der Waals surface area contributed by atoms with Gasteiger partial charge in [-0.25, -0.2) is 4.98 Å². The van der Waals surface area contributed by atoms with Gasteiger partial charge in [0.05, 0.1) is 5.01 Å². The summed E-state index contributed by atoms with van der Waals surface area (Å²) in [5, 5.41) is 5.14. The van der Waals surface area contributed by atoms with Gasteiger partial charge in [0, 0.05) is 23.7 Å². The maximum atomic E-state index is 4.48. The third-order valence-corrected chi connectivity index (χ3v) is 7.63. The lowest BCUT2D eigenvalue weighted by atomic mass is 9.48. The molecule has 21 heavy (non-hydrogen) atoms. The molecule has 1 atom stereocenters. The molecular formula is C18H28N2S. The van der Waals surface area contributed by atoms with Gasteiger partial charge >= 0.3 is 0 Å². The van der Waals surface area contributed by atoms with E-state index >= 15 is 0 Å². The van der Waals surface area contributed by atoms with Crippen LogP contribution in [0.2, 0.25) is 0 Å². The number of hydrogen-bond acceptors (Lipinski definition) is 3. The number of hydrogen-bond donors (Lipinski definition) is 1. The molecule has 0 saturated heterocycles. The van der Waals surface area contributed by atoms with E-state index < -0.39 is 0 Å². The second-order valence-electron chi connectivity index (χ2n) is 7.96. The standard InChI is InChI=1S/C18H28N2S/c1-3-17-20-11-16(21-17)10-19-12(2)18-7-13-4-14(8-18)6-15(5-13)9-18/h11-15,19H,3-10H2,1-2H3. The van der Waals surface area contributed by atoms with Crippen LogP contribution in [0, 0.1) is 23.2 Å². The van der Waals surface area contributed by atoms with Crippen LogP contribution >= 0.6 is 11.3 Å². The number of aryl methyl sites for hydroxylation is 1. The summed E-state index contributed by atoms with van der Waals surface area (Å²) in [4.78, 5) is 5.89. The Balaban J connectivity index is 1.41. The number of nitrogens with zero attached hydrogens (tertiary/aromatic N) is 1. The monoisotopic (exact) mass is 304 g/mol. The molecule has 1 aromatic heterocycles. The molecule has 3 heteroatoms. The molecule has 5 rings (SSSR count). The van der Waals surface area contributed by atoms with Crippen molar-refractivity contribution in [2.24, 2.45) is 23.2 Å². The van der Waals surface area contributed by atoms with Crippen LogP contribution in [0.3, 0.4) is 0 Å². The molecule has 1 aromatic rings. The zero-order valence-electron chi connectivity index (χ0n) is 13.4. The van der Waals surface area contributed by atoms with Crippen LogP contribution in [0.25, 0.3) is 0 Å². The van der Waals surface area contributed by atoms with Gasteiger partial charge in [0.25, 0.3) is 0 Å². The first kappa shape index (κ1) is 14.2. The molecule has 4 saturated carbocycles. The van der Waals surface area contributed by atoms with Gasteiger partial charge in [-0.1, -0.05) is 6.92 Å². The van der Waals surface area contributed by atoms with Gasteiger partial charge in [0.15, 0.2) is 0 Å². The Labute approximate surface area is 132 Å². The van der Waals surface area contributed by atoms with E-state index in [2.05, 4.69) is 30.3 Å². The van der Waals surface area contributed by atoms with Gasteiger partial charge < -0.3 is 5.32 Å². The molecule has 1 unspecified atom stereocenters. The first-order chi connectivity index (χ1) is 10.2. The minimum Gasteiger partial charge on any atom is -0.309 e. The van der Waals surface area contributed by atoms with E-state index in [-0.39, 0.29) is 0 Å². The second kappa shape index (κ2) is 5.34. The lowest BCUT2D eigenvalue weighted by Gasteiger charge is -2.59. The minimum atomic E-state index is 0.618. The van der Waals surface area contributed by atoms with Gasteiger partial charge in [-0.05, 0) is 75.0 Å². The van der Waals surface area contributed by atoms with E-state index in [0.717, 1.165) is 30.7 Å². The molecule has 4 aliphatic rings. The highest BCUT2D eigenvalue weighted by Crippen LogP contribution is 2.61. The Morgan fingerprint density at radius 2 is 1.86 bits per heavy atom. The fourth-order valence-electron chi connectivity index (χ4n) is 5.77. The summed E-state index contributed by atoms with van der Waals surface area (Å²) < 4.78 is 0. The SMILES string of the molecule is CCc1ncc(CNC(C)C23CC4CC(CC(C4)C2)C3)s1. The van der Waals surface area contributed by atoms with Crippen LogP contribution in [-0.4, -0.2) is 11.0 Å². The normalized spacial score (nSPS) is 38.9. The number of aromatic nitrogens is 1. The summed E-state index contributed by atoms with van der Waals surface area (Å²) in [5.74, 6) is 3.15. The van der Waals surface area contributed by atoms with Crippen LogP contribution in [-0.2, 0) is 13.0 Å². The Morgan fingerprint density at radius 3 is 2.38 bits per heavy atom. The predicted molar refractivity (Wildman–Crippen MR) is 88.4 cm³/mol. The first-order valence-corrected chi connectivity index (χ1v) is 9.65. The van der Waals surface area contributed by atoms with Crippen molar-refractivity contribution in [3.8, 4) is 0 Å². The zero-order chi connectivity index (χ0) is 14.4. The molecule has 0 aliphatic heterocycles. The third kappa shape index (κ3) is 2.57. The van der Waals surface area contributed by atoms with Crippen LogP contribution in [0.15, 0.2) is 6.20 Å². The fourth-order valence-corrected chi connectivity index (χ4v) is 6.58. The fraction of sp³-hybridized carbons (Fsp3) is 0.833. The van der Waals surface area contributed by atoms with E-state index in [1.807, 2.05) is 11.3 Å². The summed E-state index contributed by atoms with van der Waals surface area (Å²) in [5.41, 5.74) is 0.618. The molecule has 0 radical (unpaired) electrons. The maximum absolute atomic E-state index is 4.48. The molecule has 1 N–H and O–H groups in total. The number of nitrogens with one attached hydrogen (secondary N) is 1. The van der Waals surface area contributed by atoms with Crippen LogP contribution < -0.4 is 5.32 Å². The highest BCUT2D eigenvalue weighted by molar-refractivity contribution is 7.11. The molecular weight excluding hydrogens is 276 g/mol. The Kier molecular flexibility index (Phi) is 3.61. The number of rotatable bonds is 5. The molecule has 0 aromatic carbocycles. The molecule has 2 nitrogen and oxygen atoms in total. The van der Waals surface area contributed by atoms with Gasteiger partial charge in [-0.15, -0.1) is 11.3 Å². The zero-order valence-corrected chi connectivity index (χ0v) is 14.2. The molecule has 4 bridgehead atoms. The van der Waals surface area contributed by atoms with Gasteiger partial charge in [0.1, 0.15) is 0 Å². The van der Waals surface area contributed by atoms with Crippen molar-refractivity contribution in [2.45, 2.75) is 71.4 Å². The average Bonchev–Trinajstić information content (AvgIpc) is 2.91. The van der Waals surface area contributed by atoms with Crippen LogP contribution in [0.5, 0.6) is 0 Å². The van der Waals surface area contributed by atoms with Gasteiger partial charge in [-0.2, -0.15) is 0 Å². The Bertz CT molecular complexity index is 472. The van der Waals surface area contributed by atoms with E-state index in [1.165, 1.54) is 29.1 Å². The van der Waals surface area contributed by atoms with Crippen molar-refractivity contribution < 1.29 is 0 Å². The highest BCUT2D eigenvalue weighted by Gasteiger charge is 2.52. The predicted octanol–water partition coefficient (Wildman–Crippen LogP) is 4.40. The largest absolute Gasteiger partial charge is 0.309 e. The van der Waals surface area contributed by atoms with E-state index in [1.54, 1.807) is 19.3 Å². The maximum Gasteiger partial charge on any atom is 0.0925 e. The molecule has 0 amide bonds. The van der Waals surface area contributed by atoms with Gasteiger partial charge in [-0.3, -0.25) is 0 Å². The van der Waals surface area contributed by atoms with Crippen LogP contribution in [0.4, 0.5) is 0 Å². The summed E-state index contributed by atoms with van der Waals surface area (Å²) >= 11 is 1.88. The first-order valence-electron chi connectivity index (χ1n) is 8.84. The average molecular weight is 305 g/mol. The van der Waals surface area contributed by atoms with Crippen molar-refractivity contribution in [3.05, 3.63) is 16.1 Å². The van der Waals surface area contributed by atoms with Crippen molar-refractivity contribution in [3.63, 3.8) is 0 Å². The van der Waals surface area contributed by atoms with Gasteiger partial charge in [0.2, 0.25) is 0 Å².